The minimum absolute atomic E-state index is 0.117. The van der Waals surface area contributed by atoms with E-state index in [1.807, 2.05) is 39.2 Å². The average Bonchev–Trinajstić information content (AvgIpc) is 3.08. The molecule has 3 aromatic heterocycles. The van der Waals surface area contributed by atoms with Crippen LogP contribution in [0.3, 0.4) is 0 Å². The van der Waals surface area contributed by atoms with E-state index >= 15 is 0 Å². The molecule has 1 amide bonds. The molecule has 33 heavy (non-hydrogen) atoms. The predicted octanol–water partition coefficient (Wildman–Crippen LogP) is 3.60. The highest BCUT2D eigenvalue weighted by molar-refractivity contribution is 5.78. The number of ether oxygens (including phenoxy) is 1. The van der Waals surface area contributed by atoms with Gasteiger partial charge in [-0.1, -0.05) is 0 Å². The van der Waals surface area contributed by atoms with Gasteiger partial charge in [0, 0.05) is 49.9 Å². The quantitative estimate of drug-likeness (QED) is 0.643. The van der Waals surface area contributed by atoms with Gasteiger partial charge in [-0.05, 0) is 40.7 Å². The minimum atomic E-state index is -0.472. The summed E-state index contributed by atoms with van der Waals surface area (Å²) in [6.07, 6.45) is 5.12. The lowest BCUT2D eigenvalue weighted by atomic mass is 9.73. The number of amides is 1. The van der Waals surface area contributed by atoms with Crippen LogP contribution in [0.4, 0.5) is 22.4 Å². The molecule has 0 atom stereocenters. The number of nitrogens with one attached hydrogen (secondary N) is 1. The van der Waals surface area contributed by atoms with Crippen LogP contribution < -0.4 is 10.2 Å². The molecule has 1 N–H and O–H groups in total. The lowest BCUT2D eigenvalue weighted by Gasteiger charge is -2.59. The number of hydrogen-bond acceptors (Lipinski definition) is 8. The Bertz CT molecular complexity index is 1180. The summed E-state index contributed by atoms with van der Waals surface area (Å²) in [5.74, 6) is 2.07. The van der Waals surface area contributed by atoms with Crippen LogP contribution in [-0.2, 0) is 4.74 Å². The largest absolute Gasteiger partial charge is 0.444 e. The Balaban J connectivity index is 1.21. The molecule has 0 unspecified atom stereocenters. The van der Waals surface area contributed by atoms with Gasteiger partial charge in [0.2, 0.25) is 5.95 Å². The van der Waals surface area contributed by atoms with E-state index < -0.39 is 5.60 Å². The van der Waals surface area contributed by atoms with Gasteiger partial charge in [0.1, 0.15) is 22.8 Å². The van der Waals surface area contributed by atoms with Crippen molar-refractivity contribution in [1.29, 1.82) is 0 Å². The van der Waals surface area contributed by atoms with Crippen LogP contribution in [0.15, 0.2) is 30.9 Å². The first kappa shape index (κ1) is 21.4. The zero-order chi connectivity index (χ0) is 23.4. The smallest absolute Gasteiger partial charge is 0.410 e. The summed E-state index contributed by atoms with van der Waals surface area (Å²) < 4.78 is 7.58. The number of aromatic nitrogens is 5. The van der Waals surface area contributed by atoms with E-state index in [1.54, 1.807) is 17.3 Å². The normalized spacial score (nSPS) is 17.3. The second-order valence-corrected chi connectivity index (χ2v) is 10.4. The third kappa shape index (κ3) is 4.17. The van der Waals surface area contributed by atoms with Gasteiger partial charge in [0.25, 0.3) is 0 Å². The first-order valence-electron chi connectivity index (χ1n) is 11.3. The van der Waals surface area contributed by atoms with Gasteiger partial charge >= 0.3 is 6.09 Å². The monoisotopic (exact) mass is 450 g/mol. The van der Waals surface area contributed by atoms with Crippen molar-refractivity contribution in [2.75, 3.05) is 36.4 Å². The van der Waals surface area contributed by atoms with Crippen LogP contribution in [0, 0.1) is 5.41 Å². The molecule has 0 radical (unpaired) electrons. The van der Waals surface area contributed by atoms with E-state index in [0.717, 1.165) is 24.1 Å². The summed E-state index contributed by atoms with van der Waals surface area (Å²) in [6, 6.07) is 4.13. The Hall–Kier alpha value is -3.43. The molecule has 174 valence electrons. The summed E-state index contributed by atoms with van der Waals surface area (Å²) >= 11 is 0. The maximum Gasteiger partial charge on any atom is 0.410 e. The van der Waals surface area contributed by atoms with E-state index in [4.69, 9.17) is 4.74 Å². The molecule has 2 saturated heterocycles. The molecule has 0 saturated carbocycles. The summed E-state index contributed by atoms with van der Waals surface area (Å²) in [7, 11) is 0. The highest BCUT2D eigenvalue weighted by Gasteiger charge is 2.54. The number of pyridine rings is 1. The van der Waals surface area contributed by atoms with Gasteiger partial charge in [-0.25, -0.2) is 19.7 Å². The SMILES string of the molecule is CC(C)n1cnc2cnc(Nc3ccnc(N4CC5(CN(C(=O)OC(C)(C)C)C5)C4)n3)cc21. The summed E-state index contributed by atoms with van der Waals surface area (Å²) in [6.45, 7) is 13.0. The van der Waals surface area contributed by atoms with E-state index in [-0.39, 0.29) is 11.5 Å². The first-order valence-corrected chi connectivity index (χ1v) is 11.3. The summed E-state index contributed by atoms with van der Waals surface area (Å²) in [5, 5.41) is 3.29. The molecular formula is C23H30N8O2. The van der Waals surface area contributed by atoms with Gasteiger partial charge in [-0.15, -0.1) is 0 Å². The molecule has 3 aromatic rings. The third-order valence-electron chi connectivity index (χ3n) is 5.96. The van der Waals surface area contributed by atoms with Gasteiger partial charge in [0.15, 0.2) is 0 Å². The summed E-state index contributed by atoms with van der Waals surface area (Å²) in [5.41, 5.74) is 1.54. The minimum Gasteiger partial charge on any atom is -0.444 e. The molecule has 2 fully saturated rings. The fraction of sp³-hybridized carbons (Fsp3) is 0.522. The maximum atomic E-state index is 12.2. The molecular weight excluding hydrogens is 420 g/mol. The Labute approximate surface area is 193 Å². The molecule has 10 heteroatoms. The second-order valence-electron chi connectivity index (χ2n) is 10.4. The van der Waals surface area contributed by atoms with Crippen molar-refractivity contribution in [3.8, 4) is 0 Å². The predicted molar refractivity (Wildman–Crippen MR) is 126 cm³/mol. The number of hydrogen-bond donors (Lipinski definition) is 1. The lowest BCUT2D eigenvalue weighted by Crippen LogP contribution is -2.73. The number of fused-ring (bicyclic) bond motifs is 1. The number of anilines is 3. The van der Waals surface area contributed by atoms with Crippen LogP contribution in [0.5, 0.6) is 0 Å². The molecule has 0 aromatic carbocycles. The van der Waals surface area contributed by atoms with E-state index in [2.05, 4.69) is 48.6 Å². The molecule has 5 heterocycles. The summed E-state index contributed by atoms with van der Waals surface area (Å²) in [4.78, 5) is 34.1. The number of carbonyl (C=O) groups is 1. The molecule has 10 nitrogen and oxygen atoms in total. The number of rotatable bonds is 4. The molecule has 0 bridgehead atoms. The van der Waals surface area contributed by atoms with Gasteiger partial charge < -0.3 is 24.4 Å². The first-order chi connectivity index (χ1) is 15.6. The number of imidazole rings is 1. The number of likely N-dealkylation sites (tertiary alicyclic amines) is 1. The van der Waals surface area contributed by atoms with Crippen LogP contribution in [0.2, 0.25) is 0 Å². The Kier molecular flexibility index (Phi) is 4.91. The Morgan fingerprint density at radius 3 is 2.58 bits per heavy atom. The molecule has 5 rings (SSSR count). The number of nitrogens with zero attached hydrogens (tertiary/aromatic N) is 7. The lowest BCUT2D eigenvalue weighted by molar-refractivity contribution is -0.0456. The van der Waals surface area contributed by atoms with Gasteiger partial charge in [-0.2, -0.15) is 4.98 Å². The second kappa shape index (κ2) is 7.57. The van der Waals surface area contributed by atoms with Crippen molar-refractivity contribution in [3.63, 3.8) is 0 Å². The highest BCUT2D eigenvalue weighted by atomic mass is 16.6. The highest BCUT2D eigenvalue weighted by Crippen LogP contribution is 2.41. The fourth-order valence-electron chi connectivity index (χ4n) is 4.44. The van der Waals surface area contributed by atoms with Crippen molar-refractivity contribution in [1.82, 2.24) is 29.4 Å². The van der Waals surface area contributed by atoms with E-state index in [9.17, 15) is 4.79 Å². The standard InChI is InChI=1S/C23H30N8O2/c1-15(2)31-14-26-16-9-25-19(8-17(16)31)27-18-6-7-24-20(28-18)29-10-23(11-29)12-30(13-23)21(32)33-22(3,4)5/h6-9,14-15H,10-13H2,1-5H3,(H,24,25,27,28). The number of carbonyl (C=O) groups excluding carboxylic acids is 1. The van der Waals surface area contributed by atoms with Crippen LogP contribution in [-0.4, -0.2) is 67.3 Å². The maximum absolute atomic E-state index is 12.2. The zero-order valence-electron chi connectivity index (χ0n) is 19.7. The van der Waals surface area contributed by atoms with Gasteiger partial charge in [0.05, 0.1) is 18.0 Å². The van der Waals surface area contributed by atoms with Crippen LogP contribution in [0.25, 0.3) is 11.0 Å². The zero-order valence-corrected chi connectivity index (χ0v) is 19.7. The van der Waals surface area contributed by atoms with Crippen molar-refractivity contribution in [2.24, 2.45) is 5.41 Å². The van der Waals surface area contributed by atoms with Crippen molar-refractivity contribution in [2.45, 2.75) is 46.3 Å². The molecule has 0 aliphatic carbocycles. The Morgan fingerprint density at radius 2 is 1.88 bits per heavy atom. The molecule has 1 spiro atoms. The van der Waals surface area contributed by atoms with Gasteiger partial charge in [-0.3, -0.25) is 0 Å². The van der Waals surface area contributed by atoms with Crippen molar-refractivity contribution < 1.29 is 9.53 Å². The third-order valence-corrected chi connectivity index (χ3v) is 5.96. The average molecular weight is 451 g/mol. The van der Waals surface area contributed by atoms with Crippen LogP contribution >= 0.6 is 0 Å². The topological polar surface area (TPSA) is 101 Å². The van der Waals surface area contributed by atoms with Crippen molar-refractivity contribution in [3.05, 3.63) is 30.9 Å². The van der Waals surface area contributed by atoms with Crippen molar-refractivity contribution >= 4 is 34.7 Å². The van der Waals surface area contributed by atoms with E-state index in [0.29, 0.717) is 36.7 Å². The Morgan fingerprint density at radius 1 is 1.12 bits per heavy atom. The van der Waals surface area contributed by atoms with Crippen LogP contribution in [0.1, 0.15) is 40.7 Å². The fourth-order valence-corrected chi connectivity index (χ4v) is 4.44. The molecule has 2 aliphatic heterocycles. The van der Waals surface area contributed by atoms with E-state index in [1.165, 1.54) is 0 Å². The molecule has 2 aliphatic rings.